The first kappa shape index (κ1) is 16.6. The number of anilines is 2. The van der Waals surface area contributed by atoms with Gasteiger partial charge in [-0.3, -0.25) is 19.7 Å². The number of aryl methyl sites for hydroxylation is 1. The maximum atomic E-state index is 13.8. The summed E-state index contributed by atoms with van der Waals surface area (Å²) >= 11 is 0. The van der Waals surface area contributed by atoms with E-state index in [-0.39, 0.29) is 17.0 Å². The van der Waals surface area contributed by atoms with Gasteiger partial charge in [-0.25, -0.2) is 4.39 Å². The van der Waals surface area contributed by atoms with Crippen LogP contribution >= 0.6 is 0 Å². The monoisotopic (exact) mass is 343 g/mol. The van der Waals surface area contributed by atoms with Crippen LogP contribution in [0.3, 0.4) is 0 Å². The van der Waals surface area contributed by atoms with Crippen LogP contribution < -0.4 is 10.6 Å². The average Bonchev–Trinajstić information content (AvgIpc) is 2.57. The number of fused-ring (bicyclic) bond motifs is 1. The quantitative estimate of drug-likeness (QED) is 0.660. The molecule has 0 unspecified atom stereocenters. The highest BCUT2D eigenvalue weighted by Gasteiger charge is 2.20. The number of nitro groups is 1. The van der Waals surface area contributed by atoms with E-state index in [0.717, 1.165) is 17.7 Å². The number of carbonyl (C=O) groups is 2. The molecule has 128 valence electrons. The Kier molecular flexibility index (Phi) is 4.18. The van der Waals surface area contributed by atoms with Crippen LogP contribution in [-0.4, -0.2) is 16.7 Å². The number of amides is 2. The second-order valence-corrected chi connectivity index (χ2v) is 5.73. The van der Waals surface area contributed by atoms with Crippen molar-refractivity contribution in [3.05, 3.63) is 63.0 Å². The second kappa shape index (κ2) is 6.31. The Balaban J connectivity index is 1.86. The van der Waals surface area contributed by atoms with Crippen molar-refractivity contribution in [3.63, 3.8) is 0 Å². The summed E-state index contributed by atoms with van der Waals surface area (Å²) in [4.78, 5) is 33.9. The Bertz CT molecular complexity index is 911. The molecule has 0 aliphatic carbocycles. The number of nitrogens with zero attached hydrogens (tertiary/aromatic N) is 1. The van der Waals surface area contributed by atoms with E-state index in [1.807, 2.05) is 0 Å². The predicted molar refractivity (Wildman–Crippen MR) is 89.1 cm³/mol. The summed E-state index contributed by atoms with van der Waals surface area (Å²) in [5, 5.41) is 16.3. The molecule has 0 fully saturated rings. The average molecular weight is 343 g/mol. The van der Waals surface area contributed by atoms with Crippen molar-refractivity contribution in [2.75, 3.05) is 10.6 Å². The van der Waals surface area contributed by atoms with Gasteiger partial charge >= 0.3 is 0 Å². The summed E-state index contributed by atoms with van der Waals surface area (Å²) in [6.45, 7) is 1.28. The number of hydrogen-bond donors (Lipinski definition) is 2. The molecule has 0 aromatic heterocycles. The van der Waals surface area contributed by atoms with Gasteiger partial charge < -0.3 is 10.6 Å². The fourth-order valence-electron chi connectivity index (χ4n) is 2.65. The van der Waals surface area contributed by atoms with Crippen LogP contribution in [0.4, 0.5) is 21.5 Å². The van der Waals surface area contributed by atoms with Gasteiger partial charge in [0.25, 0.3) is 11.6 Å². The highest BCUT2D eigenvalue weighted by Crippen LogP contribution is 2.27. The Morgan fingerprint density at radius 2 is 2.04 bits per heavy atom. The van der Waals surface area contributed by atoms with Crippen LogP contribution in [0.15, 0.2) is 30.3 Å². The normalized spacial score (nSPS) is 13.0. The zero-order valence-corrected chi connectivity index (χ0v) is 13.3. The zero-order valence-electron chi connectivity index (χ0n) is 13.3. The maximum Gasteiger partial charge on any atom is 0.276 e. The van der Waals surface area contributed by atoms with Crippen molar-refractivity contribution in [1.82, 2.24) is 0 Å². The molecule has 0 saturated carbocycles. The zero-order chi connectivity index (χ0) is 18.1. The molecule has 2 N–H and O–H groups in total. The standard InChI is InChI=1S/C17H14FN3O4/c1-9-13(18)7-11(8-15(9)21(24)25)17(23)19-12-3-4-14-10(6-12)2-5-16(22)20-14/h3-4,6-8H,2,5H2,1H3,(H,19,23)(H,20,22). The van der Waals surface area contributed by atoms with Crippen LogP contribution in [0.2, 0.25) is 0 Å². The molecule has 0 bridgehead atoms. The van der Waals surface area contributed by atoms with E-state index in [1.54, 1.807) is 18.2 Å². The molecule has 25 heavy (non-hydrogen) atoms. The number of hydrogen-bond acceptors (Lipinski definition) is 4. The molecular formula is C17H14FN3O4. The predicted octanol–water partition coefficient (Wildman–Crippen LogP) is 3.18. The second-order valence-electron chi connectivity index (χ2n) is 5.73. The van der Waals surface area contributed by atoms with Crippen LogP contribution in [0, 0.1) is 22.9 Å². The molecule has 0 radical (unpaired) electrons. The fourth-order valence-corrected chi connectivity index (χ4v) is 2.65. The van der Waals surface area contributed by atoms with Gasteiger partial charge in [0.05, 0.1) is 10.5 Å². The lowest BCUT2D eigenvalue weighted by atomic mass is 10.0. The Morgan fingerprint density at radius 3 is 2.76 bits per heavy atom. The van der Waals surface area contributed by atoms with Gasteiger partial charge in [0.15, 0.2) is 0 Å². The van der Waals surface area contributed by atoms with Crippen molar-refractivity contribution < 1.29 is 18.9 Å². The molecule has 0 atom stereocenters. The third-order valence-corrected chi connectivity index (χ3v) is 4.03. The van der Waals surface area contributed by atoms with Crippen molar-refractivity contribution in [2.45, 2.75) is 19.8 Å². The molecule has 2 aromatic rings. The molecule has 1 aliphatic heterocycles. The lowest BCUT2D eigenvalue weighted by Crippen LogP contribution is -2.19. The van der Waals surface area contributed by atoms with Gasteiger partial charge in [-0.05, 0) is 43.2 Å². The summed E-state index contributed by atoms with van der Waals surface area (Å²) < 4.78 is 13.8. The first-order valence-electron chi connectivity index (χ1n) is 7.54. The molecule has 1 aliphatic rings. The molecule has 0 spiro atoms. The summed E-state index contributed by atoms with van der Waals surface area (Å²) in [7, 11) is 0. The van der Waals surface area contributed by atoms with E-state index < -0.39 is 22.3 Å². The summed E-state index contributed by atoms with van der Waals surface area (Å²) in [6.07, 6.45) is 0.912. The number of nitrogens with one attached hydrogen (secondary N) is 2. The van der Waals surface area contributed by atoms with E-state index in [1.165, 1.54) is 6.92 Å². The lowest BCUT2D eigenvalue weighted by Gasteiger charge is -2.17. The van der Waals surface area contributed by atoms with Gasteiger partial charge in [-0.15, -0.1) is 0 Å². The summed E-state index contributed by atoms with van der Waals surface area (Å²) in [6, 6.07) is 7.00. The maximum absolute atomic E-state index is 13.8. The van der Waals surface area contributed by atoms with Crippen LogP contribution in [0.25, 0.3) is 0 Å². The highest BCUT2D eigenvalue weighted by molar-refractivity contribution is 6.05. The van der Waals surface area contributed by atoms with Crippen molar-refractivity contribution in [2.24, 2.45) is 0 Å². The van der Waals surface area contributed by atoms with Crippen LogP contribution in [0.5, 0.6) is 0 Å². The smallest absolute Gasteiger partial charge is 0.276 e. The SMILES string of the molecule is Cc1c(F)cc(C(=O)Nc2ccc3c(c2)CCC(=O)N3)cc1[N+](=O)[O-]. The fraction of sp³-hybridized carbons (Fsp3) is 0.176. The minimum atomic E-state index is -0.812. The Hall–Kier alpha value is -3.29. The number of carbonyl (C=O) groups excluding carboxylic acids is 2. The van der Waals surface area contributed by atoms with E-state index in [0.29, 0.717) is 24.2 Å². The van der Waals surface area contributed by atoms with Gasteiger partial charge in [0, 0.05) is 29.4 Å². The van der Waals surface area contributed by atoms with Gasteiger partial charge in [0.1, 0.15) is 5.82 Å². The minimum Gasteiger partial charge on any atom is -0.326 e. The van der Waals surface area contributed by atoms with E-state index in [4.69, 9.17) is 0 Å². The first-order valence-corrected chi connectivity index (χ1v) is 7.54. The number of nitro benzene ring substituents is 1. The number of rotatable bonds is 3. The molecule has 7 nitrogen and oxygen atoms in total. The highest BCUT2D eigenvalue weighted by atomic mass is 19.1. The van der Waals surface area contributed by atoms with Gasteiger partial charge in [-0.1, -0.05) is 0 Å². The van der Waals surface area contributed by atoms with Crippen molar-refractivity contribution in [3.8, 4) is 0 Å². The Morgan fingerprint density at radius 1 is 1.28 bits per heavy atom. The molecule has 2 aromatic carbocycles. The van der Waals surface area contributed by atoms with Crippen molar-refractivity contribution in [1.29, 1.82) is 0 Å². The van der Waals surface area contributed by atoms with E-state index in [2.05, 4.69) is 10.6 Å². The van der Waals surface area contributed by atoms with Crippen LogP contribution in [-0.2, 0) is 11.2 Å². The minimum absolute atomic E-state index is 0.0632. The first-order chi connectivity index (χ1) is 11.8. The van der Waals surface area contributed by atoms with E-state index in [9.17, 15) is 24.1 Å². The number of benzene rings is 2. The third-order valence-electron chi connectivity index (χ3n) is 4.03. The topological polar surface area (TPSA) is 101 Å². The van der Waals surface area contributed by atoms with Gasteiger partial charge in [0.2, 0.25) is 5.91 Å². The van der Waals surface area contributed by atoms with Crippen LogP contribution in [0.1, 0.15) is 27.9 Å². The molecule has 8 heteroatoms. The lowest BCUT2D eigenvalue weighted by molar-refractivity contribution is -0.385. The molecule has 1 heterocycles. The molecule has 2 amide bonds. The third kappa shape index (κ3) is 3.32. The molecular weight excluding hydrogens is 329 g/mol. The van der Waals surface area contributed by atoms with Gasteiger partial charge in [-0.2, -0.15) is 0 Å². The summed E-state index contributed by atoms with van der Waals surface area (Å²) in [5.41, 5.74) is 1.32. The largest absolute Gasteiger partial charge is 0.326 e. The van der Waals surface area contributed by atoms with E-state index >= 15 is 0 Å². The summed E-state index contributed by atoms with van der Waals surface area (Å²) in [5.74, 6) is -1.53. The molecule has 0 saturated heterocycles. The number of halogens is 1. The molecule has 3 rings (SSSR count). The van der Waals surface area contributed by atoms with Crippen molar-refractivity contribution >= 4 is 28.9 Å². The Labute approximate surface area is 142 Å².